The van der Waals surface area contributed by atoms with Crippen LogP contribution in [0.5, 0.6) is 0 Å². The van der Waals surface area contributed by atoms with E-state index in [1.165, 1.54) is 25.3 Å². The minimum Gasteiger partial charge on any atom is -0.460 e. The van der Waals surface area contributed by atoms with Gasteiger partial charge in [0.05, 0.1) is 35.3 Å². The molecular formula is C19H19F3N2O3. The molecule has 1 aromatic rings. The number of carbonyl (C=O) groups is 1. The van der Waals surface area contributed by atoms with E-state index in [-0.39, 0.29) is 29.9 Å². The van der Waals surface area contributed by atoms with Crippen molar-refractivity contribution in [3.05, 3.63) is 57.9 Å². The third kappa shape index (κ3) is 4.31. The van der Waals surface area contributed by atoms with Crippen LogP contribution >= 0.6 is 0 Å². The van der Waals surface area contributed by atoms with Crippen LogP contribution in [0.3, 0.4) is 0 Å². The van der Waals surface area contributed by atoms with Crippen molar-refractivity contribution < 1.29 is 27.4 Å². The second-order valence-electron chi connectivity index (χ2n) is 5.96. The van der Waals surface area contributed by atoms with Gasteiger partial charge in [0.25, 0.3) is 0 Å². The summed E-state index contributed by atoms with van der Waals surface area (Å²) < 4.78 is 50.6. The summed E-state index contributed by atoms with van der Waals surface area (Å²) >= 11 is 0. The molecular weight excluding hydrogens is 361 g/mol. The first kappa shape index (κ1) is 20.5. The summed E-state index contributed by atoms with van der Waals surface area (Å²) in [7, 11) is 1.43. The van der Waals surface area contributed by atoms with Crippen molar-refractivity contribution >= 4 is 5.97 Å². The van der Waals surface area contributed by atoms with Crippen molar-refractivity contribution in [2.24, 2.45) is 0 Å². The molecule has 0 saturated heterocycles. The second kappa shape index (κ2) is 8.27. The van der Waals surface area contributed by atoms with Crippen LogP contribution in [-0.4, -0.2) is 26.3 Å². The number of esters is 1. The number of ether oxygens (including phenoxy) is 2. The lowest BCUT2D eigenvalue weighted by Crippen LogP contribution is -2.30. The maximum atomic E-state index is 13.5. The zero-order chi connectivity index (χ0) is 20.2. The lowest BCUT2D eigenvalue weighted by molar-refractivity contribution is -0.141. The van der Waals surface area contributed by atoms with Gasteiger partial charge in [0, 0.05) is 18.5 Å². The highest BCUT2D eigenvalue weighted by Gasteiger charge is 2.41. The Kier molecular flexibility index (Phi) is 6.28. The third-order valence-corrected chi connectivity index (χ3v) is 4.20. The van der Waals surface area contributed by atoms with Crippen molar-refractivity contribution in [3.8, 4) is 6.07 Å². The maximum absolute atomic E-state index is 13.5. The Balaban J connectivity index is 2.62. The van der Waals surface area contributed by atoms with E-state index in [1.807, 2.05) is 6.07 Å². The van der Waals surface area contributed by atoms with Crippen molar-refractivity contribution in [2.45, 2.75) is 25.9 Å². The first-order valence-corrected chi connectivity index (χ1v) is 8.13. The summed E-state index contributed by atoms with van der Waals surface area (Å²) in [6.45, 7) is 3.24. The van der Waals surface area contributed by atoms with Crippen molar-refractivity contribution in [2.75, 3.05) is 20.3 Å². The molecule has 27 heavy (non-hydrogen) atoms. The summed E-state index contributed by atoms with van der Waals surface area (Å²) in [5.41, 5.74) is -0.310. The average molecular weight is 380 g/mol. The van der Waals surface area contributed by atoms with Gasteiger partial charge in [-0.25, -0.2) is 4.79 Å². The SMILES string of the molecule is COCCOC(=O)C1=C(C)NC(C)=C(C#N)C1c1ccccc1C(F)(F)F. The molecule has 0 saturated carbocycles. The van der Waals surface area contributed by atoms with Crippen LogP contribution in [0, 0.1) is 11.3 Å². The van der Waals surface area contributed by atoms with Crippen molar-refractivity contribution in [1.82, 2.24) is 5.32 Å². The molecule has 1 unspecified atom stereocenters. The fourth-order valence-corrected chi connectivity index (χ4v) is 3.03. The first-order chi connectivity index (χ1) is 12.7. The maximum Gasteiger partial charge on any atom is 0.416 e. The van der Waals surface area contributed by atoms with E-state index in [9.17, 15) is 23.2 Å². The normalized spacial score (nSPS) is 17.4. The number of benzene rings is 1. The number of hydrogen-bond donors (Lipinski definition) is 1. The summed E-state index contributed by atoms with van der Waals surface area (Å²) in [5, 5.41) is 12.4. The summed E-state index contributed by atoms with van der Waals surface area (Å²) in [5.74, 6) is -1.97. The van der Waals surface area contributed by atoms with Gasteiger partial charge >= 0.3 is 12.1 Å². The number of dihydropyridines is 1. The predicted molar refractivity (Wildman–Crippen MR) is 91.2 cm³/mol. The fourth-order valence-electron chi connectivity index (χ4n) is 3.03. The fraction of sp³-hybridized carbons (Fsp3) is 0.368. The van der Waals surface area contributed by atoms with Gasteiger partial charge in [-0.3, -0.25) is 0 Å². The molecule has 1 heterocycles. The van der Waals surface area contributed by atoms with E-state index in [1.54, 1.807) is 13.8 Å². The topological polar surface area (TPSA) is 71.3 Å². The molecule has 0 bridgehead atoms. The smallest absolute Gasteiger partial charge is 0.416 e. The molecule has 0 aliphatic carbocycles. The summed E-state index contributed by atoms with van der Waals surface area (Å²) in [4.78, 5) is 12.6. The monoisotopic (exact) mass is 380 g/mol. The van der Waals surface area contributed by atoms with Gasteiger partial charge in [-0.05, 0) is 25.5 Å². The van der Waals surface area contributed by atoms with Gasteiger partial charge in [-0.1, -0.05) is 18.2 Å². The van der Waals surface area contributed by atoms with Crippen LogP contribution in [0.1, 0.15) is 30.9 Å². The van der Waals surface area contributed by atoms with Crippen LogP contribution in [0.25, 0.3) is 0 Å². The Labute approximate surface area is 155 Å². The molecule has 8 heteroatoms. The highest BCUT2D eigenvalue weighted by atomic mass is 19.4. The number of methoxy groups -OCH3 is 1. The van der Waals surface area contributed by atoms with Gasteiger partial charge in [-0.2, -0.15) is 18.4 Å². The first-order valence-electron chi connectivity index (χ1n) is 8.13. The Morgan fingerprint density at radius 1 is 1.22 bits per heavy atom. The number of alkyl halides is 3. The second-order valence-corrected chi connectivity index (χ2v) is 5.96. The van der Waals surface area contributed by atoms with Gasteiger partial charge in [-0.15, -0.1) is 0 Å². The van der Waals surface area contributed by atoms with E-state index >= 15 is 0 Å². The van der Waals surface area contributed by atoms with Crippen molar-refractivity contribution in [1.29, 1.82) is 5.26 Å². The number of halogens is 3. The van der Waals surface area contributed by atoms with E-state index in [0.29, 0.717) is 11.4 Å². The van der Waals surface area contributed by atoms with Gasteiger partial charge < -0.3 is 14.8 Å². The molecule has 0 fully saturated rings. The van der Waals surface area contributed by atoms with Crippen LogP contribution in [0.4, 0.5) is 13.2 Å². The van der Waals surface area contributed by atoms with E-state index in [0.717, 1.165) is 6.07 Å². The number of rotatable bonds is 5. The molecule has 1 atom stereocenters. The molecule has 2 rings (SSSR count). The minimum absolute atomic E-state index is 0.0232. The van der Waals surface area contributed by atoms with Crippen LogP contribution in [0.15, 0.2) is 46.8 Å². The number of allylic oxidation sites excluding steroid dienone is 3. The summed E-state index contributed by atoms with van der Waals surface area (Å²) in [6.07, 6.45) is -4.63. The number of nitriles is 1. The lowest BCUT2D eigenvalue weighted by atomic mass is 9.79. The molecule has 1 aliphatic heterocycles. The van der Waals surface area contributed by atoms with Gasteiger partial charge in [0.2, 0.25) is 0 Å². The lowest BCUT2D eigenvalue weighted by Gasteiger charge is -2.30. The van der Waals surface area contributed by atoms with Gasteiger partial charge in [0.1, 0.15) is 6.61 Å². The Morgan fingerprint density at radius 3 is 2.48 bits per heavy atom. The Bertz CT molecular complexity index is 835. The zero-order valence-corrected chi connectivity index (χ0v) is 15.1. The average Bonchev–Trinajstić information content (AvgIpc) is 2.60. The van der Waals surface area contributed by atoms with Crippen molar-refractivity contribution in [3.63, 3.8) is 0 Å². The Hall–Kier alpha value is -2.79. The standard InChI is InChI=1S/C19H19F3N2O3/c1-11-14(10-23)17(13-6-4-5-7-15(13)19(20,21)22)16(12(2)24-11)18(25)27-9-8-26-3/h4-7,17,24H,8-9H2,1-3H3. The number of hydrogen-bond acceptors (Lipinski definition) is 5. The molecule has 5 nitrogen and oxygen atoms in total. The number of carbonyl (C=O) groups excluding carboxylic acids is 1. The predicted octanol–water partition coefficient (Wildman–Crippen LogP) is 3.65. The number of nitrogens with one attached hydrogen (secondary N) is 1. The molecule has 144 valence electrons. The van der Waals surface area contributed by atoms with Crippen LogP contribution in [0.2, 0.25) is 0 Å². The minimum atomic E-state index is -4.63. The van der Waals surface area contributed by atoms with E-state index in [2.05, 4.69) is 5.32 Å². The van der Waals surface area contributed by atoms with Crippen LogP contribution in [-0.2, 0) is 20.4 Å². The molecule has 1 aliphatic rings. The molecule has 0 radical (unpaired) electrons. The zero-order valence-electron chi connectivity index (χ0n) is 15.1. The van der Waals surface area contributed by atoms with Crippen LogP contribution < -0.4 is 5.32 Å². The third-order valence-electron chi connectivity index (χ3n) is 4.20. The largest absolute Gasteiger partial charge is 0.460 e. The van der Waals surface area contributed by atoms with E-state index < -0.39 is 23.6 Å². The molecule has 1 aromatic carbocycles. The number of nitrogens with zero attached hydrogens (tertiary/aromatic N) is 1. The molecule has 0 aromatic heterocycles. The summed E-state index contributed by atoms with van der Waals surface area (Å²) in [6, 6.07) is 6.86. The van der Waals surface area contributed by atoms with E-state index in [4.69, 9.17) is 9.47 Å². The molecule has 1 N–H and O–H groups in total. The molecule has 0 amide bonds. The highest BCUT2D eigenvalue weighted by molar-refractivity contribution is 5.93. The molecule has 0 spiro atoms. The van der Waals surface area contributed by atoms with Gasteiger partial charge in [0.15, 0.2) is 0 Å². The Morgan fingerprint density at radius 2 is 1.89 bits per heavy atom. The quantitative estimate of drug-likeness (QED) is 0.624. The highest BCUT2D eigenvalue weighted by Crippen LogP contribution is 2.43.